The topological polar surface area (TPSA) is 45.8 Å². The van der Waals surface area contributed by atoms with Crippen LogP contribution in [0.4, 0.5) is 0 Å². The van der Waals surface area contributed by atoms with E-state index in [4.69, 9.17) is 9.15 Å². The summed E-state index contributed by atoms with van der Waals surface area (Å²) in [4.78, 5) is 2.27. The minimum atomic E-state index is 0.176. The van der Waals surface area contributed by atoms with Crippen LogP contribution in [0.3, 0.4) is 0 Å². The Morgan fingerprint density at radius 3 is 3.05 bits per heavy atom. The Balaban J connectivity index is 1.80. The number of aliphatic hydroxyl groups excluding tert-OH is 1. The van der Waals surface area contributed by atoms with Crippen LogP contribution >= 0.6 is 0 Å². The molecule has 1 aromatic heterocycles. The number of para-hydroxylation sites is 1. The minimum absolute atomic E-state index is 0.176. The predicted octanol–water partition coefficient (Wildman–Crippen LogP) is 2.01. The number of benzene rings is 1. The predicted molar refractivity (Wildman–Crippen MR) is 72.9 cm³/mol. The van der Waals surface area contributed by atoms with Gasteiger partial charge in [0.25, 0.3) is 0 Å². The minimum Gasteiger partial charge on any atom is -0.464 e. The van der Waals surface area contributed by atoms with Crippen molar-refractivity contribution in [3.63, 3.8) is 0 Å². The van der Waals surface area contributed by atoms with E-state index in [1.807, 2.05) is 24.5 Å². The largest absolute Gasteiger partial charge is 0.464 e. The van der Waals surface area contributed by atoms with Crippen molar-refractivity contribution in [2.45, 2.75) is 25.1 Å². The van der Waals surface area contributed by atoms with E-state index in [9.17, 15) is 5.11 Å². The van der Waals surface area contributed by atoms with Crippen LogP contribution in [0.1, 0.15) is 12.0 Å². The molecule has 0 amide bonds. The van der Waals surface area contributed by atoms with E-state index in [0.29, 0.717) is 0 Å². The Morgan fingerprint density at radius 1 is 1.42 bits per heavy atom. The number of hydrogen-bond donors (Lipinski definition) is 1. The summed E-state index contributed by atoms with van der Waals surface area (Å²) >= 11 is 0. The molecule has 2 atom stereocenters. The third-order valence-corrected chi connectivity index (χ3v) is 3.97. The molecule has 0 unspecified atom stereocenters. The van der Waals surface area contributed by atoms with Crippen molar-refractivity contribution in [1.82, 2.24) is 4.90 Å². The summed E-state index contributed by atoms with van der Waals surface area (Å²) in [5.74, 6) is 0. The quantitative estimate of drug-likeness (QED) is 0.914. The lowest BCUT2D eigenvalue weighted by Crippen LogP contribution is -2.31. The van der Waals surface area contributed by atoms with Gasteiger partial charge in [0.2, 0.25) is 0 Å². The number of rotatable bonds is 4. The summed E-state index contributed by atoms with van der Waals surface area (Å²) in [6.45, 7) is 1.83. The van der Waals surface area contributed by atoms with Crippen LogP contribution in [0, 0.1) is 0 Å². The molecule has 102 valence electrons. The number of furan rings is 1. The molecule has 0 bridgehead atoms. The van der Waals surface area contributed by atoms with Crippen LogP contribution in [0.5, 0.6) is 0 Å². The highest BCUT2D eigenvalue weighted by molar-refractivity contribution is 5.80. The van der Waals surface area contributed by atoms with Gasteiger partial charge >= 0.3 is 0 Å². The summed E-state index contributed by atoms with van der Waals surface area (Å²) in [7, 11) is 1.73. The molecular weight excluding hydrogens is 242 g/mol. The second-order valence-corrected chi connectivity index (χ2v) is 5.12. The van der Waals surface area contributed by atoms with Crippen molar-refractivity contribution >= 4 is 11.0 Å². The van der Waals surface area contributed by atoms with Crippen LogP contribution in [-0.4, -0.2) is 42.4 Å². The monoisotopic (exact) mass is 261 g/mol. The summed E-state index contributed by atoms with van der Waals surface area (Å²) in [5, 5.41) is 10.6. The summed E-state index contributed by atoms with van der Waals surface area (Å²) in [6.07, 6.45) is 2.93. The van der Waals surface area contributed by atoms with E-state index in [1.54, 1.807) is 7.11 Å². The lowest BCUT2D eigenvalue weighted by Gasteiger charge is -2.21. The Bertz CT molecular complexity index is 551. The molecule has 2 aromatic rings. The van der Waals surface area contributed by atoms with Crippen molar-refractivity contribution in [2.24, 2.45) is 0 Å². The third-order valence-electron chi connectivity index (χ3n) is 3.97. The van der Waals surface area contributed by atoms with Gasteiger partial charge in [-0.25, -0.2) is 0 Å². The van der Waals surface area contributed by atoms with Gasteiger partial charge in [0, 0.05) is 37.2 Å². The first kappa shape index (κ1) is 12.7. The second kappa shape index (κ2) is 5.33. The molecule has 1 fully saturated rings. The van der Waals surface area contributed by atoms with Crippen LogP contribution in [-0.2, 0) is 11.3 Å². The van der Waals surface area contributed by atoms with E-state index in [-0.39, 0.29) is 18.8 Å². The molecule has 0 aliphatic carbocycles. The SMILES string of the molecule is CO[C@H]1C[C@@H](CO)N(Cc2coc3ccccc23)C1. The molecule has 0 saturated carbocycles. The molecule has 1 aliphatic rings. The summed E-state index contributed by atoms with van der Waals surface area (Å²) in [6, 6.07) is 8.23. The molecule has 4 heteroatoms. The Labute approximate surface area is 112 Å². The molecule has 4 nitrogen and oxygen atoms in total. The Morgan fingerprint density at radius 2 is 2.26 bits per heavy atom. The molecule has 0 spiro atoms. The molecule has 2 heterocycles. The van der Waals surface area contributed by atoms with Crippen LogP contribution in [0.2, 0.25) is 0 Å². The normalized spacial score (nSPS) is 24.3. The van der Waals surface area contributed by atoms with E-state index in [0.717, 1.165) is 30.5 Å². The van der Waals surface area contributed by atoms with Gasteiger partial charge in [-0.15, -0.1) is 0 Å². The number of likely N-dealkylation sites (tertiary alicyclic amines) is 1. The van der Waals surface area contributed by atoms with Gasteiger partial charge in [-0.2, -0.15) is 0 Å². The fourth-order valence-electron chi connectivity index (χ4n) is 2.87. The van der Waals surface area contributed by atoms with Gasteiger partial charge in [-0.1, -0.05) is 18.2 Å². The highest BCUT2D eigenvalue weighted by atomic mass is 16.5. The second-order valence-electron chi connectivity index (χ2n) is 5.12. The van der Waals surface area contributed by atoms with E-state index in [1.165, 1.54) is 5.56 Å². The van der Waals surface area contributed by atoms with Gasteiger partial charge in [0.1, 0.15) is 5.58 Å². The molecule has 19 heavy (non-hydrogen) atoms. The zero-order valence-electron chi connectivity index (χ0n) is 11.1. The smallest absolute Gasteiger partial charge is 0.134 e. The van der Waals surface area contributed by atoms with Crippen molar-refractivity contribution in [3.8, 4) is 0 Å². The molecular formula is C15H19NO3. The number of hydrogen-bond acceptors (Lipinski definition) is 4. The molecule has 0 radical (unpaired) electrons. The molecule has 1 aromatic carbocycles. The maximum Gasteiger partial charge on any atom is 0.134 e. The molecule has 3 rings (SSSR count). The summed E-state index contributed by atoms with van der Waals surface area (Å²) < 4.78 is 11.0. The van der Waals surface area contributed by atoms with E-state index >= 15 is 0 Å². The number of methoxy groups -OCH3 is 1. The average molecular weight is 261 g/mol. The van der Waals surface area contributed by atoms with Gasteiger partial charge in [0.15, 0.2) is 0 Å². The summed E-state index contributed by atoms with van der Waals surface area (Å²) in [5.41, 5.74) is 2.09. The first-order chi connectivity index (χ1) is 9.31. The number of ether oxygens (including phenoxy) is 1. The Hall–Kier alpha value is -1.36. The fraction of sp³-hybridized carbons (Fsp3) is 0.467. The van der Waals surface area contributed by atoms with E-state index in [2.05, 4.69) is 11.0 Å². The third kappa shape index (κ3) is 2.39. The fourth-order valence-corrected chi connectivity index (χ4v) is 2.87. The van der Waals surface area contributed by atoms with Crippen LogP contribution < -0.4 is 0 Å². The van der Waals surface area contributed by atoms with Crippen molar-refractivity contribution in [1.29, 1.82) is 0 Å². The van der Waals surface area contributed by atoms with Gasteiger partial charge in [-0.05, 0) is 12.5 Å². The molecule has 1 aliphatic heterocycles. The van der Waals surface area contributed by atoms with Gasteiger partial charge < -0.3 is 14.3 Å². The van der Waals surface area contributed by atoms with E-state index < -0.39 is 0 Å². The zero-order chi connectivity index (χ0) is 13.2. The molecule has 1 N–H and O–H groups in total. The standard InChI is InChI=1S/C15H19NO3/c1-18-13-6-12(9-17)16(8-13)7-11-10-19-15-5-3-2-4-14(11)15/h2-5,10,12-13,17H,6-9H2,1H3/t12-,13-/m0/s1. The highest BCUT2D eigenvalue weighted by Gasteiger charge is 2.31. The van der Waals surface area contributed by atoms with Crippen molar-refractivity contribution < 1.29 is 14.3 Å². The number of nitrogens with zero attached hydrogens (tertiary/aromatic N) is 1. The highest BCUT2D eigenvalue weighted by Crippen LogP contribution is 2.26. The molecule has 1 saturated heterocycles. The average Bonchev–Trinajstić information content (AvgIpc) is 3.04. The maximum absolute atomic E-state index is 9.47. The maximum atomic E-state index is 9.47. The lowest BCUT2D eigenvalue weighted by molar-refractivity contribution is 0.107. The Kier molecular flexibility index (Phi) is 3.55. The first-order valence-electron chi connectivity index (χ1n) is 6.64. The van der Waals surface area contributed by atoms with Crippen LogP contribution in [0.15, 0.2) is 34.9 Å². The van der Waals surface area contributed by atoms with Gasteiger partial charge in [-0.3, -0.25) is 4.90 Å². The first-order valence-corrected chi connectivity index (χ1v) is 6.64. The zero-order valence-corrected chi connectivity index (χ0v) is 11.1. The lowest BCUT2D eigenvalue weighted by atomic mass is 10.1. The van der Waals surface area contributed by atoms with Crippen molar-refractivity contribution in [3.05, 3.63) is 36.1 Å². The van der Waals surface area contributed by atoms with Crippen LogP contribution in [0.25, 0.3) is 11.0 Å². The number of fused-ring (bicyclic) bond motifs is 1. The van der Waals surface area contributed by atoms with Gasteiger partial charge in [0.05, 0.1) is 19.0 Å². The van der Waals surface area contributed by atoms with Crippen molar-refractivity contribution in [2.75, 3.05) is 20.3 Å². The number of aliphatic hydroxyl groups is 1.